The second-order valence-electron chi connectivity index (χ2n) is 7.82. The highest BCUT2D eigenvalue weighted by molar-refractivity contribution is 7.91. The quantitative estimate of drug-likeness (QED) is 0.324. The Bertz CT molecular complexity index is 1040. The number of benzene rings is 1. The Balaban J connectivity index is 1.91. The minimum Gasteiger partial charge on any atom is -0.359 e. The number of carbonyl (C=O) groups is 2. The molecule has 0 spiro atoms. The molecule has 11 heteroatoms. The molecule has 1 aliphatic heterocycles. The third-order valence-electron chi connectivity index (χ3n) is 5.82. The summed E-state index contributed by atoms with van der Waals surface area (Å²) in [5.41, 5.74) is 0.309. The standard InChI is InChI=1S/C20H25FN4O4S2/c1-3-20(12(2)10-22-18(20)27)9-16(23-11-26)13-4-7-15(21)17(8-13)31(28,29)25-19(30)24-14-5-6-14/h4,7-8,10-11,14,16H,3,5-6,9H2,1-2H3,(H,22,27)(H,23,26)(H2,24,25,30). The number of hydrogen-bond donors (Lipinski definition) is 4. The maximum atomic E-state index is 14.5. The lowest BCUT2D eigenvalue weighted by molar-refractivity contribution is -0.128. The van der Waals surface area contributed by atoms with Gasteiger partial charge < -0.3 is 16.0 Å². The van der Waals surface area contributed by atoms with Crippen LogP contribution in [0.5, 0.6) is 0 Å². The van der Waals surface area contributed by atoms with E-state index in [9.17, 15) is 22.4 Å². The average molecular weight is 469 g/mol. The summed E-state index contributed by atoms with van der Waals surface area (Å²) < 4.78 is 42.1. The predicted molar refractivity (Wildman–Crippen MR) is 117 cm³/mol. The van der Waals surface area contributed by atoms with Crippen molar-refractivity contribution in [3.8, 4) is 0 Å². The Morgan fingerprint density at radius 2 is 2.13 bits per heavy atom. The van der Waals surface area contributed by atoms with Crippen LogP contribution in [0, 0.1) is 11.2 Å². The Morgan fingerprint density at radius 3 is 2.68 bits per heavy atom. The van der Waals surface area contributed by atoms with Crippen molar-refractivity contribution in [1.29, 1.82) is 0 Å². The van der Waals surface area contributed by atoms with Crippen LogP contribution in [0.2, 0.25) is 0 Å². The van der Waals surface area contributed by atoms with Crippen LogP contribution >= 0.6 is 12.2 Å². The van der Waals surface area contributed by atoms with Crippen molar-refractivity contribution in [2.75, 3.05) is 0 Å². The van der Waals surface area contributed by atoms with Gasteiger partial charge in [-0.3, -0.25) is 14.3 Å². The van der Waals surface area contributed by atoms with Gasteiger partial charge >= 0.3 is 0 Å². The third-order valence-corrected chi connectivity index (χ3v) is 7.54. The highest BCUT2D eigenvalue weighted by Gasteiger charge is 2.44. The molecule has 3 rings (SSSR count). The van der Waals surface area contributed by atoms with Gasteiger partial charge in [-0.25, -0.2) is 12.8 Å². The summed E-state index contributed by atoms with van der Waals surface area (Å²) in [7, 11) is -4.28. The zero-order chi connectivity index (χ0) is 22.8. The molecule has 1 aliphatic carbocycles. The molecule has 2 atom stereocenters. The highest BCUT2D eigenvalue weighted by Crippen LogP contribution is 2.42. The fourth-order valence-corrected chi connectivity index (χ4v) is 5.26. The van der Waals surface area contributed by atoms with Gasteiger partial charge in [0, 0.05) is 12.2 Å². The summed E-state index contributed by atoms with van der Waals surface area (Å²) in [6.45, 7) is 3.68. The van der Waals surface area contributed by atoms with E-state index in [0.717, 1.165) is 30.5 Å². The second-order valence-corrected chi connectivity index (χ2v) is 9.88. The van der Waals surface area contributed by atoms with Crippen molar-refractivity contribution in [2.24, 2.45) is 5.41 Å². The van der Waals surface area contributed by atoms with Crippen LogP contribution in [0.3, 0.4) is 0 Å². The molecular formula is C20H25FN4O4S2. The molecule has 1 saturated carbocycles. The van der Waals surface area contributed by atoms with Gasteiger partial charge in [0.25, 0.3) is 10.0 Å². The zero-order valence-corrected chi connectivity index (χ0v) is 18.8. The fraction of sp³-hybridized carbons (Fsp3) is 0.450. The SMILES string of the molecule is CCC1(CC(NC=O)c2ccc(F)c(S(=O)(=O)NC(=S)NC3CC3)c2)C(=O)NC=C1C. The first-order chi connectivity index (χ1) is 14.6. The monoisotopic (exact) mass is 468 g/mol. The maximum absolute atomic E-state index is 14.5. The van der Waals surface area contributed by atoms with E-state index in [1.807, 2.05) is 13.8 Å². The molecule has 2 amide bonds. The van der Waals surface area contributed by atoms with E-state index in [-0.39, 0.29) is 23.5 Å². The molecule has 31 heavy (non-hydrogen) atoms. The Hall–Kier alpha value is -2.53. The number of halogens is 1. The number of sulfonamides is 1. The smallest absolute Gasteiger partial charge is 0.266 e. The van der Waals surface area contributed by atoms with Crippen molar-refractivity contribution in [1.82, 2.24) is 20.7 Å². The summed E-state index contributed by atoms with van der Waals surface area (Å²) in [6.07, 6.45) is 4.56. The second kappa shape index (κ2) is 8.91. The van der Waals surface area contributed by atoms with Gasteiger partial charge in [0.1, 0.15) is 10.7 Å². The van der Waals surface area contributed by atoms with Crippen molar-refractivity contribution in [2.45, 2.75) is 56.5 Å². The van der Waals surface area contributed by atoms with E-state index in [4.69, 9.17) is 12.2 Å². The Kier molecular flexibility index (Phi) is 6.65. The molecule has 4 N–H and O–H groups in total. The van der Waals surface area contributed by atoms with Crippen LogP contribution in [-0.4, -0.2) is 31.9 Å². The summed E-state index contributed by atoms with van der Waals surface area (Å²) in [5, 5.41) is 8.07. The third kappa shape index (κ3) is 4.87. The molecule has 2 unspecified atom stereocenters. The van der Waals surface area contributed by atoms with Crippen LogP contribution in [0.25, 0.3) is 0 Å². The molecule has 8 nitrogen and oxygen atoms in total. The Morgan fingerprint density at radius 1 is 1.42 bits per heavy atom. The summed E-state index contributed by atoms with van der Waals surface area (Å²) in [4.78, 5) is 23.2. The van der Waals surface area contributed by atoms with Gasteiger partial charge in [-0.15, -0.1) is 0 Å². The van der Waals surface area contributed by atoms with Crippen LogP contribution in [-0.2, 0) is 19.6 Å². The summed E-state index contributed by atoms with van der Waals surface area (Å²) >= 11 is 5.01. The van der Waals surface area contributed by atoms with E-state index in [1.54, 1.807) is 6.20 Å². The number of rotatable bonds is 9. The zero-order valence-electron chi connectivity index (χ0n) is 17.2. The van der Waals surface area contributed by atoms with Crippen molar-refractivity contribution in [3.63, 3.8) is 0 Å². The van der Waals surface area contributed by atoms with Gasteiger partial charge in [0.2, 0.25) is 12.3 Å². The summed E-state index contributed by atoms with van der Waals surface area (Å²) in [5.74, 6) is -1.14. The van der Waals surface area contributed by atoms with E-state index >= 15 is 0 Å². The lowest BCUT2D eigenvalue weighted by Gasteiger charge is -2.31. The number of thiocarbonyl (C=S) groups is 1. The minimum absolute atomic E-state index is 0.0943. The topological polar surface area (TPSA) is 116 Å². The van der Waals surface area contributed by atoms with Crippen LogP contribution in [0.15, 0.2) is 34.9 Å². The molecule has 2 aliphatic rings. The van der Waals surface area contributed by atoms with Gasteiger partial charge in [-0.1, -0.05) is 13.0 Å². The van der Waals surface area contributed by atoms with Crippen molar-refractivity contribution < 1.29 is 22.4 Å². The lowest BCUT2D eigenvalue weighted by atomic mass is 9.73. The molecule has 1 fully saturated rings. The average Bonchev–Trinajstić information content (AvgIpc) is 3.47. The maximum Gasteiger partial charge on any atom is 0.266 e. The number of hydrogen-bond acceptors (Lipinski definition) is 5. The molecule has 1 heterocycles. The van der Waals surface area contributed by atoms with E-state index in [1.165, 1.54) is 6.07 Å². The van der Waals surface area contributed by atoms with Crippen molar-refractivity contribution >= 4 is 39.7 Å². The van der Waals surface area contributed by atoms with Gasteiger partial charge in [-0.2, -0.15) is 0 Å². The van der Waals surface area contributed by atoms with Gasteiger partial charge in [0.15, 0.2) is 5.11 Å². The first-order valence-corrected chi connectivity index (χ1v) is 11.8. The molecule has 0 saturated heterocycles. The van der Waals surface area contributed by atoms with E-state index in [2.05, 4.69) is 20.7 Å². The normalized spacial score (nSPS) is 21.6. The van der Waals surface area contributed by atoms with Gasteiger partial charge in [-0.05, 0) is 68.1 Å². The van der Waals surface area contributed by atoms with E-state index in [0.29, 0.717) is 18.4 Å². The number of amides is 2. The molecule has 0 aromatic heterocycles. The number of nitrogens with one attached hydrogen (secondary N) is 4. The number of carbonyl (C=O) groups excluding carboxylic acids is 2. The molecule has 1 aromatic rings. The molecular weight excluding hydrogens is 443 g/mol. The first kappa shape index (κ1) is 23.1. The molecule has 1 aromatic carbocycles. The Labute approximate surface area is 186 Å². The highest BCUT2D eigenvalue weighted by atomic mass is 32.2. The van der Waals surface area contributed by atoms with E-state index < -0.39 is 32.2 Å². The summed E-state index contributed by atoms with van der Waals surface area (Å²) in [6, 6.07) is 3.00. The molecule has 168 valence electrons. The fourth-order valence-electron chi connectivity index (χ4n) is 3.73. The minimum atomic E-state index is -4.28. The first-order valence-electron chi connectivity index (χ1n) is 9.93. The van der Waals surface area contributed by atoms with Crippen LogP contribution < -0.4 is 20.7 Å². The van der Waals surface area contributed by atoms with Crippen LogP contribution in [0.4, 0.5) is 4.39 Å². The lowest BCUT2D eigenvalue weighted by Crippen LogP contribution is -2.40. The predicted octanol–water partition coefficient (Wildman–Crippen LogP) is 1.75. The van der Waals surface area contributed by atoms with Gasteiger partial charge in [0.05, 0.1) is 11.5 Å². The van der Waals surface area contributed by atoms with Crippen molar-refractivity contribution in [3.05, 3.63) is 41.4 Å². The molecule has 0 bridgehead atoms. The largest absolute Gasteiger partial charge is 0.359 e. The molecule has 0 radical (unpaired) electrons. The van der Waals surface area contributed by atoms with Crippen LogP contribution in [0.1, 0.15) is 51.1 Å².